The Morgan fingerprint density at radius 2 is 2.00 bits per heavy atom. The number of hydrogen-bond acceptors (Lipinski definition) is 2. The van der Waals surface area contributed by atoms with Gasteiger partial charge in [0.2, 0.25) is 0 Å². The largest absolute Gasteiger partial charge is 0.366 e. The van der Waals surface area contributed by atoms with Gasteiger partial charge >= 0.3 is 0 Å². The zero-order valence-electron chi connectivity index (χ0n) is 8.23. The van der Waals surface area contributed by atoms with Gasteiger partial charge in [-0.15, -0.1) is 0 Å². The molecule has 0 aliphatic heterocycles. The highest BCUT2D eigenvalue weighted by Gasteiger charge is 2.28. The molecule has 1 aliphatic rings. The maximum atomic E-state index is 6.00. The van der Waals surface area contributed by atoms with E-state index in [4.69, 9.17) is 34.8 Å². The molecule has 1 unspecified atom stereocenters. The molecule has 2 nitrogen and oxygen atoms in total. The Labute approximate surface area is 104 Å². The van der Waals surface area contributed by atoms with Gasteiger partial charge in [0.1, 0.15) is 11.0 Å². The standard InChI is InChI=1S/C10H11Cl3N2/c1-5(6-2-3-6)14-10-8(12)4-7(11)9(13)15-10/h4-6H,2-3H2,1H3,(H,14,15). The highest BCUT2D eigenvalue weighted by molar-refractivity contribution is 6.42. The van der Waals surface area contributed by atoms with Crippen LogP contribution in [-0.2, 0) is 0 Å². The Balaban J connectivity index is 2.16. The van der Waals surface area contributed by atoms with Crippen molar-refractivity contribution in [3.05, 3.63) is 21.3 Å². The van der Waals surface area contributed by atoms with Crippen LogP contribution >= 0.6 is 34.8 Å². The van der Waals surface area contributed by atoms with E-state index in [1.165, 1.54) is 12.8 Å². The summed E-state index contributed by atoms with van der Waals surface area (Å²) in [5.41, 5.74) is 0. The van der Waals surface area contributed by atoms with Crippen molar-refractivity contribution in [1.82, 2.24) is 4.98 Å². The fraction of sp³-hybridized carbons (Fsp3) is 0.500. The monoisotopic (exact) mass is 264 g/mol. The molecule has 0 bridgehead atoms. The van der Waals surface area contributed by atoms with Crippen molar-refractivity contribution in [2.24, 2.45) is 5.92 Å². The van der Waals surface area contributed by atoms with Crippen LogP contribution in [0, 0.1) is 5.92 Å². The Hall–Kier alpha value is -0.180. The van der Waals surface area contributed by atoms with E-state index in [1.54, 1.807) is 6.07 Å². The third kappa shape index (κ3) is 2.68. The summed E-state index contributed by atoms with van der Waals surface area (Å²) in [6, 6.07) is 1.99. The third-order valence-corrected chi connectivity index (χ3v) is 3.54. The first-order chi connectivity index (χ1) is 7.08. The number of nitrogens with zero attached hydrogens (tertiary/aromatic N) is 1. The summed E-state index contributed by atoms with van der Waals surface area (Å²) >= 11 is 17.6. The summed E-state index contributed by atoms with van der Waals surface area (Å²) in [6.45, 7) is 2.12. The quantitative estimate of drug-likeness (QED) is 0.826. The normalized spacial score (nSPS) is 17.6. The summed E-state index contributed by atoms with van der Waals surface area (Å²) < 4.78 is 0. The average molecular weight is 266 g/mol. The lowest BCUT2D eigenvalue weighted by Crippen LogP contribution is -2.18. The lowest BCUT2D eigenvalue weighted by molar-refractivity contribution is 0.691. The second kappa shape index (κ2) is 4.36. The minimum absolute atomic E-state index is 0.284. The summed E-state index contributed by atoms with van der Waals surface area (Å²) in [5.74, 6) is 1.35. The van der Waals surface area contributed by atoms with Gasteiger partial charge in [0.05, 0.1) is 10.0 Å². The van der Waals surface area contributed by atoms with Crippen LogP contribution < -0.4 is 5.32 Å². The zero-order chi connectivity index (χ0) is 11.0. The molecular formula is C10H11Cl3N2. The van der Waals surface area contributed by atoms with Crippen molar-refractivity contribution >= 4 is 40.6 Å². The van der Waals surface area contributed by atoms with Gasteiger partial charge in [0.15, 0.2) is 0 Å². The van der Waals surface area contributed by atoms with E-state index in [0.29, 0.717) is 21.9 Å². The van der Waals surface area contributed by atoms with Crippen LogP contribution in [-0.4, -0.2) is 11.0 Å². The molecule has 1 N–H and O–H groups in total. The van der Waals surface area contributed by atoms with E-state index in [-0.39, 0.29) is 5.15 Å². The minimum Gasteiger partial charge on any atom is -0.366 e. The molecule has 2 rings (SSSR count). The molecule has 1 aromatic heterocycles. The van der Waals surface area contributed by atoms with Crippen LogP contribution in [0.1, 0.15) is 19.8 Å². The second-order valence-electron chi connectivity index (χ2n) is 3.86. The van der Waals surface area contributed by atoms with Gasteiger partial charge in [0, 0.05) is 6.04 Å². The molecule has 0 radical (unpaired) electrons. The van der Waals surface area contributed by atoms with Crippen LogP contribution in [0.4, 0.5) is 5.82 Å². The molecule has 5 heteroatoms. The van der Waals surface area contributed by atoms with Gasteiger partial charge in [0.25, 0.3) is 0 Å². The van der Waals surface area contributed by atoms with Crippen molar-refractivity contribution in [2.75, 3.05) is 5.32 Å². The first-order valence-electron chi connectivity index (χ1n) is 4.86. The molecule has 0 aromatic carbocycles. The zero-order valence-corrected chi connectivity index (χ0v) is 10.5. The second-order valence-corrected chi connectivity index (χ2v) is 5.03. The predicted molar refractivity (Wildman–Crippen MR) is 65.1 cm³/mol. The number of aromatic nitrogens is 1. The summed E-state index contributed by atoms with van der Waals surface area (Å²) in [4.78, 5) is 4.11. The fourth-order valence-corrected chi connectivity index (χ4v) is 2.03. The van der Waals surface area contributed by atoms with Crippen LogP contribution in [0.5, 0.6) is 0 Å². The van der Waals surface area contributed by atoms with E-state index in [2.05, 4.69) is 17.2 Å². The highest BCUT2D eigenvalue weighted by Crippen LogP contribution is 2.35. The molecular weight excluding hydrogens is 254 g/mol. The molecule has 0 amide bonds. The van der Waals surface area contributed by atoms with Crippen molar-refractivity contribution in [2.45, 2.75) is 25.8 Å². The molecule has 0 spiro atoms. The van der Waals surface area contributed by atoms with E-state index in [9.17, 15) is 0 Å². The van der Waals surface area contributed by atoms with Gasteiger partial charge in [-0.2, -0.15) is 0 Å². The van der Waals surface area contributed by atoms with Gasteiger partial charge < -0.3 is 5.32 Å². The van der Waals surface area contributed by atoms with Gasteiger partial charge in [-0.1, -0.05) is 34.8 Å². The number of hydrogen-bond donors (Lipinski definition) is 1. The van der Waals surface area contributed by atoms with E-state index in [0.717, 1.165) is 5.92 Å². The van der Waals surface area contributed by atoms with Gasteiger partial charge in [-0.05, 0) is 31.7 Å². The average Bonchev–Trinajstić information content (AvgIpc) is 2.97. The lowest BCUT2D eigenvalue weighted by Gasteiger charge is -2.14. The molecule has 1 saturated carbocycles. The first-order valence-corrected chi connectivity index (χ1v) is 5.99. The highest BCUT2D eigenvalue weighted by atomic mass is 35.5. The van der Waals surface area contributed by atoms with Crippen LogP contribution in [0.25, 0.3) is 0 Å². The minimum atomic E-state index is 0.284. The van der Waals surface area contributed by atoms with Crippen LogP contribution in [0.3, 0.4) is 0 Å². The molecule has 1 aliphatic carbocycles. The number of anilines is 1. The maximum absolute atomic E-state index is 6.00. The number of rotatable bonds is 3. The molecule has 1 aromatic rings. The Morgan fingerprint density at radius 1 is 1.33 bits per heavy atom. The van der Waals surface area contributed by atoms with Crippen molar-refractivity contribution < 1.29 is 0 Å². The Kier molecular flexibility index (Phi) is 3.29. The molecule has 15 heavy (non-hydrogen) atoms. The van der Waals surface area contributed by atoms with Crippen LogP contribution in [0.2, 0.25) is 15.2 Å². The Morgan fingerprint density at radius 3 is 2.60 bits per heavy atom. The molecule has 1 atom stereocenters. The molecule has 82 valence electrons. The third-order valence-electron chi connectivity index (χ3n) is 2.58. The molecule has 1 fully saturated rings. The van der Waals surface area contributed by atoms with E-state index < -0.39 is 0 Å². The fourth-order valence-electron chi connectivity index (χ4n) is 1.48. The summed E-state index contributed by atoms with van der Waals surface area (Å²) in [5, 5.41) is 4.43. The number of nitrogens with one attached hydrogen (secondary N) is 1. The lowest BCUT2D eigenvalue weighted by atomic mass is 10.2. The molecule has 0 saturated heterocycles. The van der Waals surface area contributed by atoms with E-state index >= 15 is 0 Å². The van der Waals surface area contributed by atoms with Crippen LogP contribution in [0.15, 0.2) is 6.07 Å². The van der Waals surface area contributed by atoms with Gasteiger partial charge in [-0.25, -0.2) is 4.98 Å². The first kappa shape index (κ1) is 11.3. The molecule has 1 heterocycles. The smallest absolute Gasteiger partial charge is 0.150 e. The predicted octanol–water partition coefficient (Wildman–Crippen LogP) is 4.25. The van der Waals surface area contributed by atoms with Gasteiger partial charge in [-0.3, -0.25) is 0 Å². The topological polar surface area (TPSA) is 24.9 Å². The van der Waals surface area contributed by atoms with Crippen molar-refractivity contribution in [3.63, 3.8) is 0 Å². The SMILES string of the molecule is CC(Nc1nc(Cl)c(Cl)cc1Cl)C1CC1. The summed E-state index contributed by atoms with van der Waals surface area (Å²) in [7, 11) is 0. The number of halogens is 3. The number of pyridine rings is 1. The Bertz CT molecular complexity index is 377. The summed E-state index contributed by atoms with van der Waals surface area (Å²) in [6.07, 6.45) is 2.54. The maximum Gasteiger partial charge on any atom is 0.150 e. The van der Waals surface area contributed by atoms with Crippen molar-refractivity contribution in [1.29, 1.82) is 0 Å². The van der Waals surface area contributed by atoms with E-state index in [1.807, 2.05) is 0 Å². The van der Waals surface area contributed by atoms with Crippen molar-refractivity contribution in [3.8, 4) is 0 Å².